The Kier molecular flexibility index (Phi) is 5.05. The van der Waals surface area contributed by atoms with E-state index in [1.54, 1.807) is 12.1 Å². The number of carbonyl (C=O) groups is 2. The number of benzene rings is 1. The zero-order chi connectivity index (χ0) is 15.2. The van der Waals surface area contributed by atoms with E-state index in [0.717, 1.165) is 5.56 Å². The molecule has 0 aliphatic carbocycles. The van der Waals surface area contributed by atoms with Gasteiger partial charge in [-0.3, -0.25) is 4.79 Å². The molecule has 0 fully saturated rings. The molecule has 112 valence electrons. The Morgan fingerprint density at radius 2 is 2.19 bits per heavy atom. The number of amides is 1. The fourth-order valence-electron chi connectivity index (χ4n) is 1.59. The van der Waals surface area contributed by atoms with Crippen LogP contribution in [0.5, 0.6) is 0 Å². The second-order valence-electron chi connectivity index (χ2n) is 4.31. The van der Waals surface area contributed by atoms with E-state index in [9.17, 15) is 9.59 Å². The Labute approximate surface area is 126 Å². The SMILES string of the molecule is Cc1ccc(NC(=O)COC(=O)C2=COCCO2)c(Cl)c1. The second kappa shape index (κ2) is 6.99. The predicted molar refractivity (Wildman–Crippen MR) is 75.8 cm³/mol. The molecule has 1 amide bonds. The number of hydrogen-bond acceptors (Lipinski definition) is 5. The maximum atomic E-state index is 11.7. The van der Waals surface area contributed by atoms with Gasteiger partial charge in [0.15, 0.2) is 6.61 Å². The van der Waals surface area contributed by atoms with Gasteiger partial charge in [0.05, 0.1) is 10.7 Å². The highest BCUT2D eigenvalue weighted by Gasteiger charge is 2.18. The van der Waals surface area contributed by atoms with Gasteiger partial charge >= 0.3 is 5.97 Å². The average Bonchev–Trinajstić information content (AvgIpc) is 2.48. The van der Waals surface area contributed by atoms with Crippen molar-refractivity contribution in [1.82, 2.24) is 0 Å². The van der Waals surface area contributed by atoms with Crippen molar-refractivity contribution in [2.75, 3.05) is 25.1 Å². The van der Waals surface area contributed by atoms with E-state index in [4.69, 9.17) is 25.8 Å². The number of esters is 1. The Morgan fingerprint density at radius 1 is 1.38 bits per heavy atom. The summed E-state index contributed by atoms with van der Waals surface area (Å²) in [4.78, 5) is 23.3. The summed E-state index contributed by atoms with van der Waals surface area (Å²) < 4.78 is 14.8. The number of ether oxygens (including phenoxy) is 3. The van der Waals surface area contributed by atoms with E-state index in [1.165, 1.54) is 6.26 Å². The Hall–Kier alpha value is -2.21. The molecular weight excluding hydrogens is 298 g/mol. The number of nitrogens with one attached hydrogen (secondary N) is 1. The third-order valence-electron chi connectivity index (χ3n) is 2.58. The van der Waals surface area contributed by atoms with Gasteiger partial charge in [-0.15, -0.1) is 0 Å². The molecule has 1 aromatic carbocycles. The molecule has 0 bridgehead atoms. The first-order valence-corrected chi connectivity index (χ1v) is 6.62. The molecule has 0 atom stereocenters. The lowest BCUT2D eigenvalue weighted by Crippen LogP contribution is -2.23. The molecule has 2 rings (SSSR count). The maximum Gasteiger partial charge on any atom is 0.377 e. The van der Waals surface area contributed by atoms with E-state index >= 15 is 0 Å². The van der Waals surface area contributed by atoms with Crippen LogP contribution >= 0.6 is 11.6 Å². The number of halogens is 1. The van der Waals surface area contributed by atoms with E-state index < -0.39 is 18.5 Å². The maximum absolute atomic E-state index is 11.7. The molecule has 1 aliphatic heterocycles. The van der Waals surface area contributed by atoms with Crippen LogP contribution in [0.3, 0.4) is 0 Å². The van der Waals surface area contributed by atoms with Gasteiger partial charge < -0.3 is 19.5 Å². The highest BCUT2D eigenvalue weighted by Crippen LogP contribution is 2.22. The lowest BCUT2D eigenvalue weighted by atomic mass is 10.2. The molecular formula is C14H14ClNO5. The van der Waals surface area contributed by atoms with Crippen molar-refractivity contribution in [1.29, 1.82) is 0 Å². The molecule has 0 aromatic heterocycles. The highest BCUT2D eigenvalue weighted by atomic mass is 35.5. The zero-order valence-electron chi connectivity index (χ0n) is 11.3. The normalized spacial score (nSPS) is 13.5. The van der Waals surface area contributed by atoms with Gasteiger partial charge in [-0.25, -0.2) is 4.79 Å². The minimum absolute atomic E-state index is 0.0533. The van der Waals surface area contributed by atoms with Gasteiger partial charge in [0.2, 0.25) is 5.76 Å². The summed E-state index contributed by atoms with van der Waals surface area (Å²) in [6, 6.07) is 5.21. The first kappa shape index (κ1) is 15.2. The molecule has 6 nitrogen and oxygen atoms in total. The number of anilines is 1. The topological polar surface area (TPSA) is 73.9 Å². The zero-order valence-corrected chi connectivity index (χ0v) is 12.1. The van der Waals surface area contributed by atoms with Gasteiger partial charge in [-0.1, -0.05) is 17.7 Å². The molecule has 0 radical (unpaired) electrons. The smallest absolute Gasteiger partial charge is 0.377 e. The van der Waals surface area contributed by atoms with Crippen LogP contribution in [-0.4, -0.2) is 31.7 Å². The largest absolute Gasteiger partial charge is 0.493 e. The highest BCUT2D eigenvalue weighted by molar-refractivity contribution is 6.33. The van der Waals surface area contributed by atoms with Crippen LogP contribution in [0, 0.1) is 6.92 Å². The lowest BCUT2D eigenvalue weighted by molar-refractivity contribution is -0.148. The predicted octanol–water partition coefficient (Wildman–Crippen LogP) is 2.02. The number of aryl methyl sites for hydroxylation is 1. The van der Waals surface area contributed by atoms with Gasteiger partial charge in [0.1, 0.15) is 19.5 Å². The van der Waals surface area contributed by atoms with Crippen LogP contribution in [0.1, 0.15) is 5.56 Å². The van der Waals surface area contributed by atoms with Gasteiger partial charge in [-0.05, 0) is 24.6 Å². The molecule has 0 unspecified atom stereocenters. The van der Waals surface area contributed by atoms with E-state index in [0.29, 0.717) is 17.3 Å². The second-order valence-corrected chi connectivity index (χ2v) is 4.72. The summed E-state index contributed by atoms with van der Waals surface area (Å²) in [6.07, 6.45) is 1.17. The van der Waals surface area contributed by atoms with Crippen molar-refractivity contribution < 1.29 is 23.8 Å². The quantitative estimate of drug-likeness (QED) is 0.861. The van der Waals surface area contributed by atoms with Crippen molar-refractivity contribution in [2.45, 2.75) is 6.92 Å². The summed E-state index contributed by atoms with van der Waals surface area (Å²) in [5.41, 5.74) is 1.44. The Bertz CT molecular complexity index is 585. The lowest BCUT2D eigenvalue weighted by Gasteiger charge is -2.14. The molecule has 1 aliphatic rings. The molecule has 0 spiro atoms. The summed E-state index contributed by atoms with van der Waals surface area (Å²) in [6.45, 7) is 2.10. The van der Waals surface area contributed by atoms with Crippen molar-refractivity contribution in [2.24, 2.45) is 0 Å². The third kappa shape index (κ3) is 4.39. The fraction of sp³-hybridized carbons (Fsp3) is 0.286. The first-order chi connectivity index (χ1) is 10.1. The summed E-state index contributed by atoms with van der Waals surface area (Å²) >= 11 is 5.99. The van der Waals surface area contributed by atoms with Crippen molar-refractivity contribution in [3.05, 3.63) is 40.8 Å². The van der Waals surface area contributed by atoms with Gasteiger partial charge in [-0.2, -0.15) is 0 Å². The Balaban J connectivity index is 1.84. The first-order valence-electron chi connectivity index (χ1n) is 6.24. The molecule has 0 saturated carbocycles. The molecule has 1 N–H and O–H groups in total. The number of rotatable bonds is 4. The van der Waals surface area contributed by atoms with Crippen molar-refractivity contribution in [3.8, 4) is 0 Å². The molecule has 1 heterocycles. The molecule has 1 aromatic rings. The minimum Gasteiger partial charge on any atom is -0.493 e. The monoisotopic (exact) mass is 311 g/mol. The minimum atomic E-state index is -0.750. The van der Waals surface area contributed by atoms with E-state index in [2.05, 4.69) is 5.32 Å². The van der Waals surface area contributed by atoms with Crippen LogP contribution in [0.4, 0.5) is 5.69 Å². The summed E-state index contributed by atoms with van der Waals surface area (Å²) in [7, 11) is 0. The number of carbonyl (C=O) groups excluding carboxylic acids is 2. The van der Waals surface area contributed by atoms with Crippen LogP contribution in [0.15, 0.2) is 30.2 Å². The van der Waals surface area contributed by atoms with Crippen molar-refractivity contribution >= 4 is 29.2 Å². The Morgan fingerprint density at radius 3 is 2.86 bits per heavy atom. The average molecular weight is 312 g/mol. The van der Waals surface area contributed by atoms with Crippen LogP contribution in [0.25, 0.3) is 0 Å². The van der Waals surface area contributed by atoms with Crippen molar-refractivity contribution in [3.63, 3.8) is 0 Å². The molecule has 7 heteroatoms. The third-order valence-corrected chi connectivity index (χ3v) is 2.90. The van der Waals surface area contributed by atoms with E-state index in [1.807, 2.05) is 13.0 Å². The van der Waals surface area contributed by atoms with Crippen LogP contribution in [0.2, 0.25) is 5.02 Å². The van der Waals surface area contributed by atoms with Crippen LogP contribution < -0.4 is 5.32 Å². The fourth-order valence-corrected chi connectivity index (χ4v) is 1.87. The number of hydrogen-bond donors (Lipinski definition) is 1. The summed E-state index contributed by atoms with van der Waals surface area (Å²) in [5, 5.41) is 2.97. The summed E-state index contributed by atoms with van der Waals surface area (Å²) in [5.74, 6) is -1.30. The standard InChI is InChI=1S/C14H14ClNO5/c1-9-2-3-11(10(15)6-9)16-13(17)8-21-14(18)12-7-19-4-5-20-12/h2-3,6-7H,4-5,8H2,1H3,(H,16,17). The van der Waals surface area contributed by atoms with Gasteiger partial charge in [0.25, 0.3) is 5.91 Å². The molecule has 0 saturated heterocycles. The molecule has 21 heavy (non-hydrogen) atoms. The van der Waals surface area contributed by atoms with Gasteiger partial charge in [0, 0.05) is 0 Å². The van der Waals surface area contributed by atoms with E-state index in [-0.39, 0.29) is 12.4 Å². The van der Waals surface area contributed by atoms with Crippen LogP contribution in [-0.2, 0) is 23.8 Å².